The molecule has 4 amide bonds. The molecule has 0 aromatic heterocycles. The topological polar surface area (TPSA) is 114 Å². The second-order valence-corrected chi connectivity index (χ2v) is 5.39. The number of benzene rings is 1. The van der Waals surface area contributed by atoms with E-state index in [1.54, 1.807) is 38.1 Å². The van der Waals surface area contributed by atoms with Crippen LogP contribution >= 0.6 is 0 Å². The first-order valence-corrected chi connectivity index (χ1v) is 7.38. The van der Waals surface area contributed by atoms with Gasteiger partial charge in [0, 0.05) is 11.6 Å². The van der Waals surface area contributed by atoms with Crippen molar-refractivity contribution in [3.8, 4) is 0 Å². The summed E-state index contributed by atoms with van der Waals surface area (Å²) in [6.07, 6.45) is 0. The van der Waals surface area contributed by atoms with E-state index in [2.05, 4.69) is 15.4 Å². The van der Waals surface area contributed by atoms with Crippen molar-refractivity contribution in [1.82, 2.24) is 16.0 Å². The molecule has 1 rings (SSSR count). The van der Waals surface area contributed by atoms with Gasteiger partial charge in [-0.25, -0.2) is 4.79 Å². The SMILES string of the molecule is Cc1ccc(C(=O)NCC(=O)OCC(=O)NC(=O)NC(C)C)cc1. The van der Waals surface area contributed by atoms with Gasteiger partial charge in [0.25, 0.3) is 11.8 Å². The van der Waals surface area contributed by atoms with Gasteiger partial charge in [-0.1, -0.05) is 17.7 Å². The van der Waals surface area contributed by atoms with E-state index >= 15 is 0 Å². The fourth-order valence-corrected chi connectivity index (χ4v) is 1.62. The molecule has 130 valence electrons. The van der Waals surface area contributed by atoms with Crippen LogP contribution in [-0.4, -0.2) is 43.0 Å². The molecule has 0 saturated heterocycles. The van der Waals surface area contributed by atoms with E-state index in [-0.39, 0.29) is 12.6 Å². The van der Waals surface area contributed by atoms with Crippen LogP contribution in [0.1, 0.15) is 29.8 Å². The van der Waals surface area contributed by atoms with Crippen LogP contribution in [0.3, 0.4) is 0 Å². The Morgan fingerprint density at radius 2 is 1.71 bits per heavy atom. The maximum atomic E-state index is 11.8. The van der Waals surface area contributed by atoms with Crippen molar-refractivity contribution in [2.75, 3.05) is 13.2 Å². The van der Waals surface area contributed by atoms with Crippen molar-refractivity contribution >= 4 is 23.8 Å². The van der Waals surface area contributed by atoms with Gasteiger partial charge in [0.05, 0.1) is 0 Å². The number of hydrogen-bond donors (Lipinski definition) is 3. The number of esters is 1. The molecule has 1 aromatic carbocycles. The highest BCUT2D eigenvalue weighted by Crippen LogP contribution is 2.02. The zero-order valence-electron chi connectivity index (χ0n) is 13.8. The lowest BCUT2D eigenvalue weighted by atomic mass is 10.1. The minimum absolute atomic E-state index is 0.127. The Hall–Kier alpha value is -2.90. The molecular formula is C16H21N3O5. The van der Waals surface area contributed by atoms with E-state index in [1.165, 1.54) is 0 Å². The van der Waals surface area contributed by atoms with Gasteiger partial charge in [-0.3, -0.25) is 19.7 Å². The first-order valence-electron chi connectivity index (χ1n) is 7.38. The van der Waals surface area contributed by atoms with E-state index in [4.69, 9.17) is 0 Å². The Balaban J connectivity index is 2.28. The summed E-state index contributed by atoms with van der Waals surface area (Å²) in [4.78, 5) is 45.9. The van der Waals surface area contributed by atoms with Crippen molar-refractivity contribution in [2.24, 2.45) is 0 Å². The Labute approximate surface area is 139 Å². The molecule has 24 heavy (non-hydrogen) atoms. The first kappa shape index (κ1) is 19.1. The van der Waals surface area contributed by atoms with Gasteiger partial charge in [0.2, 0.25) is 0 Å². The fraction of sp³-hybridized carbons (Fsp3) is 0.375. The minimum atomic E-state index is -0.783. The highest BCUT2D eigenvalue weighted by atomic mass is 16.5. The summed E-state index contributed by atoms with van der Waals surface area (Å²) in [5, 5.41) is 6.85. The van der Waals surface area contributed by atoms with Gasteiger partial charge in [0.1, 0.15) is 6.54 Å². The molecule has 0 radical (unpaired) electrons. The average Bonchev–Trinajstić information content (AvgIpc) is 2.50. The van der Waals surface area contributed by atoms with Crippen LogP contribution in [0.4, 0.5) is 4.79 Å². The Morgan fingerprint density at radius 3 is 2.29 bits per heavy atom. The van der Waals surface area contributed by atoms with Crippen LogP contribution in [0, 0.1) is 6.92 Å². The predicted molar refractivity (Wildman–Crippen MR) is 86.3 cm³/mol. The van der Waals surface area contributed by atoms with Gasteiger partial charge >= 0.3 is 12.0 Å². The summed E-state index contributed by atoms with van der Waals surface area (Å²) in [5.74, 6) is -1.96. The third kappa shape index (κ3) is 7.39. The summed E-state index contributed by atoms with van der Waals surface area (Å²) < 4.78 is 4.67. The maximum absolute atomic E-state index is 11.8. The van der Waals surface area contributed by atoms with Crippen LogP contribution < -0.4 is 16.0 Å². The molecule has 8 nitrogen and oxygen atoms in total. The predicted octanol–water partition coefficient (Wildman–Crippen LogP) is 0.502. The zero-order valence-corrected chi connectivity index (χ0v) is 13.8. The highest BCUT2D eigenvalue weighted by molar-refractivity contribution is 5.97. The molecule has 0 atom stereocenters. The number of hydrogen-bond acceptors (Lipinski definition) is 5. The van der Waals surface area contributed by atoms with Crippen molar-refractivity contribution in [3.63, 3.8) is 0 Å². The molecular weight excluding hydrogens is 314 g/mol. The summed E-state index contributed by atoms with van der Waals surface area (Å²) in [5.41, 5.74) is 1.43. The lowest BCUT2D eigenvalue weighted by Crippen LogP contribution is -2.44. The quantitative estimate of drug-likeness (QED) is 0.655. The molecule has 0 fully saturated rings. The average molecular weight is 335 g/mol. The number of carbonyl (C=O) groups is 4. The Morgan fingerprint density at radius 1 is 1.08 bits per heavy atom. The van der Waals surface area contributed by atoms with Crippen molar-refractivity contribution in [1.29, 1.82) is 0 Å². The number of ether oxygens (including phenoxy) is 1. The molecule has 8 heteroatoms. The molecule has 0 aliphatic carbocycles. The van der Waals surface area contributed by atoms with Crippen LogP contribution in [0.25, 0.3) is 0 Å². The Kier molecular flexibility index (Phi) is 7.41. The lowest BCUT2D eigenvalue weighted by molar-refractivity contribution is -0.147. The largest absolute Gasteiger partial charge is 0.454 e. The minimum Gasteiger partial charge on any atom is -0.454 e. The van der Waals surface area contributed by atoms with Gasteiger partial charge < -0.3 is 15.4 Å². The highest BCUT2D eigenvalue weighted by Gasteiger charge is 2.12. The number of amides is 4. The smallest absolute Gasteiger partial charge is 0.325 e. The summed E-state index contributed by atoms with van der Waals surface area (Å²) in [7, 11) is 0. The normalized spacial score (nSPS) is 10.0. The number of rotatable bonds is 6. The van der Waals surface area contributed by atoms with Crippen molar-refractivity contribution in [3.05, 3.63) is 35.4 Å². The third-order valence-electron chi connectivity index (χ3n) is 2.74. The maximum Gasteiger partial charge on any atom is 0.325 e. The van der Waals surface area contributed by atoms with E-state index in [1.807, 2.05) is 12.2 Å². The summed E-state index contributed by atoms with van der Waals surface area (Å²) in [6.45, 7) is 4.39. The van der Waals surface area contributed by atoms with Gasteiger partial charge in [-0.2, -0.15) is 0 Å². The van der Waals surface area contributed by atoms with Crippen LogP contribution in [0.5, 0.6) is 0 Å². The third-order valence-corrected chi connectivity index (χ3v) is 2.74. The second-order valence-electron chi connectivity index (χ2n) is 5.39. The first-order chi connectivity index (χ1) is 11.3. The fourth-order valence-electron chi connectivity index (χ4n) is 1.62. The second kappa shape index (κ2) is 9.29. The summed E-state index contributed by atoms with van der Waals surface area (Å²) in [6, 6.07) is 6.03. The van der Waals surface area contributed by atoms with Crippen LogP contribution in [0.15, 0.2) is 24.3 Å². The molecule has 0 bridgehead atoms. The monoisotopic (exact) mass is 335 g/mol. The van der Waals surface area contributed by atoms with Gasteiger partial charge in [-0.15, -0.1) is 0 Å². The van der Waals surface area contributed by atoms with Crippen molar-refractivity contribution in [2.45, 2.75) is 26.8 Å². The van der Waals surface area contributed by atoms with Crippen LogP contribution in [0.2, 0.25) is 0 Å². The molecule has 0 unspecified atom stereocenters. The van der Waals surface area contributed by atoms with E-state index in [9.17, 15) is 19.2 Å². The van der Waals surface area contributed by atoms with Gasteiger partial charge in [0.15, 0.2) is 6.61 Å². The lowest BCUT2D eigenvalue weighted by Gasteiger charge is -2.09. The van der Waals surface area contributed by atoms with E-state index in [0.717, 1.165) is 5.56 Å². The van der Waals surface area contributed by atoms with Crippen LogP contribution in [-0.2, 0) is 14.3 Å². The van der Waals surface area contributed by atoms with E-state index < -0.39 is 30.4 Å². The van der Waals surface area contributed by atoms with Gasteiger partial charge in [-0.05, 0) is 32.9 Å². The molecule has 1 aromatic rings. The molecule has 0 heterocycles. The van der Waals surface area contributed by atoms with E-state index in [0.29, 0.717) is 5.56 Å². The molecule has 0 aliphatic heterocycles. The zero-order chi connectivity index (χ0) is 18.1. The number of aryl methyl sites for hydroxylation is 1. The Bertz CT molecular complexity index is 611. The molecule has 0 saturated carbocycles. The standard InChI is InChI=1S/C16H21N3O5/c1-10(2)18-16(23)19-13(20)9-24-14(21)8-17-15(22)12-6-4-11(3)5-7-12/h4-7,10H,8-9H2,1-3H3,(H,17,22)(H2,18,19,20,23). The molecule has 3 N–H and O–H groups in total. The number of imide groups is 1. The van der Waals surface area contributed by atoms with Crippen molar-refractivity contribution < 1.29 is 23.9 Å². The number of carbonyl (C=O) groups excluding carboxylic acids is 4. The number of urea groups is 1. The number of nitrogens with one attached hydrogen (secondary N) is 3. The molecule has 0 aliphatic rings. The molecule has 0 spiro atoms. The summed E-state index contributed by atoms with van der Waals surface area (Å²) >= 11 is 0.